The molecule has 0 atom stereocenters. The molecule has 23 heavy (non-hydrogen) atoms. The Balaban J connectivity index is 1.60. The third-order valence-electron chi connectivity index (χ3n) is 4.85. The fraction of sp³-hybridized carbons (Fsp3) is 0.750. The number of nitrogens with zero attached hydrogens (tertiary/aromatic N) is 4. The summed E-state index contributed by atoms with van der Waals surface area (Å²) in [6.45, 7) is 3.88. The number of piperidine rings is 2. The van der Waals surface area contributed by atoms with E-state index >= 15 is 0 Å². The van der Waals surface area contributed by atoms with E-state index in [1.165, 1.54) is 0 Å². The fourth-order valence-corrected chi connectivity index (χ4v) is 3.42. The average Bonchev–Trinajstić information content (AvgIpc) is 2.62. The lowest BCUT2D eigenvalue weighted by molar-refractivity contribution is 0.0541. The quantitative estimate of drug-likeness (QED) is 0.884. The zero-order chi connectivity index (χ0) is 16.2. The van der Waals surface area contributed by atoms with E-state index < -0.39 is 0 Å². The molecular formula is C16H26N4O3. The Morgan fingerprint density at radius 2 is 1.52 bits per heavy atom. The van der Waals surface area contributed by atoms with Crippen LogP contribution in [-0.2, 0) is 0 Å². The number of aliphatic hydroxyl groups excluding tert-OH is 1. The van der Waals surface area contributed by atoms with Crippen molar-refractivity contribution in [1.82, 2.24) is 14.9 Å². The number of aromatic nitrogens is 2. The molecule has 128 valence electrons. The summed E-state index contributed by atoms with van der Waals surface area (Å²) < 4.78 is 10.4. The molecule has 3 rings (SSSR count). The molecule has 0 unspecified atom stereocenters. The molecule has 2 saturated heterocycles. The Labute approximate surface area is 137 Å². The van der Waals surface area contributed by atoms with E-state index in [0.717, 1.165) is 51.9 Å². The van der Waals surface area contributed by atoms with E-state index in [9.17, 15) is 5.11 Å². The van der Waals surface area contributed by atoms with Gasteiger partial charge in [-0.3, -0.25) is 0 Å². The maximum atomic E-state index is 9.64. The predicted molar refractivity (Wildman–Crippen MR) is 87.2 cm³/mol. The third-order valence-corrected chi connectivity index (χ3v) is 4.85. The van der Waals surface area contributed by atoms with E-state index in [1.807, 2.05) is 0 Å². The highest BCUT2D eigenvalue weighted by molar-refractivity contribution is 5.37. The fourth-order valence-electron chi connectivity index (χ4n) is 3.42. The molecule has 0 radical (unpaired) electrons. The number of methoxy groups -OCH3 is 2. The molecule has 7 heteroatoms. The largest absolute Gasteiger partial charge is 0.481 e. The van der Waals surface area contributed by atoms with Crippen molar-refractivity contribution in [3.63, 3.8) is 0 Å². The van der Waals surface area contributed by atoms with Crippen molar-refractivity contribution in [2.45, 2.75) is 37.8 Å². The van der Waals surface area contributed by atoms with Crippen LogP contribution in [0.15, 0.2) is 6.07 Å². The van der Waals surface area contributed by atoms with Crippen molar-refractivity contribution in [3.8, 4) is 11.8 Å². The van der Waals surface area contributed by atoms with Crippen molar-refractivity contribution in [3.05, 3.63) is 6.07 Å². The highest BCUT2D eigenvalue weighted by Gasteiger charge is 2.28. The van der Waals surface area contributed by atoms with Crippen molar-refractivity contribution in [2.75, 3.05) is 45.3 Å². The molecule has 7 nitrogen and oxygen atoms in total. The SMILES string of the molecule is COc1cc(OC)nc(N2CCC(N3CCC(O)CC3)CC2)n1. The number of hydrogen-bond acceptors (Lipinski definition) is 7. The summed E-state index contributed by atoms with van der Waals surface area (Å²) in [7, 11) is 3.20. The first-order chi connectivity index (χ1) is 11.2. The minimum absolute atomic E-state index is 0.107. The lowest BCUT2D eigenvalue weighted by Gasteiger charge is -2.41. The summed E-state index contributed by atoms with van der Waals surface area (Å²) in [5, 5.41) is 9.64. The average molecular weight is 322 g/mol. The summed E-state index contributed by atoms with van der Waals surface area (Å²) in [6, 6.07) is 2.29. The normalized spacial score (nSPS) is 21.4. The summed E-state index contributed by atoms with van der Waals surface area (Å²) in [6.07, 6.45) is 3.88. The van der Waals surface area contributed by atoms with Gasteiger partial charge in [0, 0.05) is 32.2 Å². The van der Waals surface area contributed by atoms with E-state index in [1.54, 1.807) is 20.3 Å². The summed E-state index contributed by atoms with van der Waals surface area (Å²) in [4.78, 5) is 13.6. The van der Waals surface area contributed by atoms with Gasteiger partial charge in [0.05, 0.1) is 26.4 Å². The molecule has 2 fully saturated rings. The van der Waals surface area contributed by atoms with Gasteiger partial charge in [-0.15, -0.1) is 0 Å². The number of ether oxygens (including phenoxy) is 2. The van der Waals surface area contributed by atoms with Gasteiger partial charge in [-0.2, -0.15) is 9.97 Å². The first-order valence-corrected chi connectivity index (χ1v) is 8.33. The van der Waals surface area contributed by atoms with Crippen LogP contribution in [0.1, 0.15) is 25.7 Å². The Morgan fingerprint density at radius 3 is 2.04 bits per heavy atom. The Kier molecular flexibility index (Phi) is 5.17. The molecule has 0 saturated carbocycles. The van der Waals surface area contributed by atoms with Gasteiger partial charge in [-0.1, -0.05) is 0 Å². The van der Waals surface area contributed by atoms with Gasteiger partial charge in [0.1, 0.15) is 0 Å². The summed E-state index contributed by atoms with van der Waals surface area (Å²) >= 11 is 0. The lowest BCUT2D eigenvalue weighted by Crippen LogP contribution is -2.48. The molecule has 0 spiro atoms. The molecule has 2 aliphatic rings. The van der Waals surface area contributed by atoms with Crippen LogP contribution in [0.5, 0.6) is 11.8 Å². The predicted octanol–water partition coefficient (Wildman–Crippen LogP) is 0.919. The molecule has 2 aliphatic heterocycles. The zero-order valence-corrected chi connectivity index (χ0v) is 13.9. The molecule has 0 aliphatic carbocycles. The van der Waals surface area contributed by atoms with Gasteiger partial charge >= 0.3 is 0 Å². The van der Waals surface area contributed by atoms with Gasteiger partial charge in [0.25, 0.3) is 0 Å². The second kappa shape index (κ2) is 7.31. The minimum Gasteiger partial charge on any atom is -0.481 e. The van der Waals surface area contributed by atoms with Crippen LogP contribution in [0.3, 0.4) is 0 Å². The van der Waals surface area contributed by atoms with Crippen LogP contribution >= 0.6 is 0 Å². The van der Waals surface area contributed by atoms with Gasteiger partial charge in [-0.05, 0) is 25.7 Å². The molecule has 0 amide bonds. The first kappa shape index (κ1) is 16.3. The number of anilines is 1. The number of hydrogen-bond donors (Lipinski definition) is 1. The van der Waals surface area contributed by atoms with Crippen molar-refractivity contribution >= 4 is 5.95 Å². The van der Waals surface area contributed by atoms with Crippen molar-refractivity contribution in [1.29, 1.82) is 0 Å². The van der Waals surface area contributed by atoms with E-state index in [-0.39, 0.29) is 6.10 Å². The van der Waals surface area contributed by atoms with Crippen LogP contribution in [0.2, 0.25) is 0 Å². The standard InChI is InChI=1S/C16H26N4O3/c1-22-14-11-15(23-2)18-16(17-14)20-7-3-12(4-8-20)19-9-5-13(21)6-10-19/h11-13,21H,3-10H2,1-2H3. The monoisotopic (exact) mass is 322 g/mol. The maximum Gasteiger partial charge on any atom is 0.231 e. The number of aliphatic hydroxyl groups is 1. The van der Waals surface area contributed by atoms with Gasteiger partial charge in [-0.25, -0.2) is 0 Å². The first-order valence-electron chi connectivity index (χ1n) is 8.33. The Morgan fingerprint density at radius 1 is 0.957 bits per heavy atom. The lowest BCUT2D eigenvalue weighted by atomic mass is 9.99. The molecule has 0 aromatic carbocycles. The maximum absolute atomic E-state index is 9.64. The van der Waals surface area contributed by atoms with Crippen LogP contribution in [0.4, 0.5) is 5.95 Å². The molecule has 1 aromatic rings. The second-order valence-corrected chi connectivity index (χ2v) is 6.24. The zero-order valence-electron chi connectivity index (χ0n) is 13.9. The van der Waals surface area contributed by atoms with E-state index in [4.69, 9.17) is 9.47 Å². The van der Waals surface area contributed by atoms with E-state index in [2.05, 4.69) is 19.8 Å². The van der Waals surface area contributed by atoms with Crippen molar-refractivity contribution in [2.24, 2.45) is 0 Å². The highest BCUT2D eigenvalue weighted by Crippen LogP contribution is 2.25. The molecule has 3 heterocycles. The number of likely N-dealkylation sites (tertiary alicyclic amines) is 1. The smallest absolute Gasteiger partial charge is 0.231 e. The van der Waals surface area contributed by atoms with Crippen LogP contribution in [-0.4, -0.2) is 72.5 Å². The third kappa shape index (κ3) is 3.84. The number of rotatable bonds is 4. The minimum atomic E-state index is -0.107. The topological polar surface area (TPSA) is 71.0 Å². The van der Waals surface area contributed by atoms with Crippen LogP contribution < -0.4 is 14.4 Å². The molecule has 1 aromatic heterocycles. The van der Waals surface area contributed by atoms with Crippen LogP contribution in [0.25, 0.3) is 0 Å². The van der Waals surface area contributed by atoms with Crippen LogP contribution in [0, 0.1) is 0 Å². The van der Waals surface area contributed by atoms with Gasteiger partial charge < -0.3 is 24.4 Å². The van der Waals surface area contributed by atoms with Gasteiger partial charge in [0.2, 0.25) is 17.7 Å². The second-order valence-electron chi connectivity index (χ2n) is 6.24. The molecule has 1 N–H and O–H groups in total. The Hall–Kier alpha value is -1.60. The Bertz CT molecular complexity index is 490. The summed E-state index contributed by atoms with van der Waals surface area (Å²) in [5.74, 6) is 1.73. The highest BCUT2D eigenvalue weighted by atomic mass is 16.5. The molecular weight excluding hydrogens is 296 g/mol. The van der Waals surface area contributed by atoms with E-state index in [0.29, 0.717) is 23.8 Å². The summed E-state index contributed by atoms with van der Waals surface area (Å²) in [5.41, 5.74) is 0. The molecule has 0 bridgehead atoms. The van der Waals surface area contributed by atoms with Gasteiger partial charge in [0.15, 0.2) is 0 Å². The van der Waals surface area contributed by atoms with Crippen molar-refractivity contribution < 1.29 is 14.6 Å².